The fourth-order valence-corrected chi connectivity index (χ4v) is 4.40. The van der Waals surface area contributed by atoms with Crippen molar-refractivity contribution >= 4 is 31.3 Å². The third kappa shape index (κ3) is 12.2. The molecule has 0 aliphatic heterocycles. The SMILES string of the molecule is O=P(O)(O)OP(=O)(O)OP(=O)(O)OP(=O)(O)O.[H-].[Li+]. The second-order valence-corrected chi connectivity index (χ2v) is 7.96. The van der Waals surface area contributed by atoms with Crippen LogP contribution in [0.1, 0.15) is 1.43 Å². The Morgan fingerprint density at radius 2 is 0.833 bits per heavy atom. The van der Waals surface area contributed by atoms with Crippen LogP contribution in [0.4, 0.5) is 0 Å². The van der Waals surface area contributed by atoms with Crippen LogP contribution in [0, 0.1) is 0 Å². The molecule has 2 unspecified atom stereocenters. The van der Waals surface area contributed by atoms with Gasteiger partial charge < -0.3 is 30.8 Å². The molecule has 0 bridgehead atoms. The van der Waals surface area contributed by atoms with Gasteiger partial charge >= 0.3 is 50.2 Å². The minimum Gasteiger partial charge on any atom is -1.00 e. The number of rotatable bonds is 6. The molecule has 0 saturated heterocycles. The quantitative estimate of drug-likeness (QED) is 0.204. The molecule has 0 aliphatic rings. The predicted molar refractivity (Wildman–Crippen MR) is 48.1 cm³/mol. The molecule has 0 saturated carbocycles. The summed E-state index contributed by atoms with van der Waals surface area (Å²) in [6.07, 6.45) is 0. The molecule has 0 aromatic heterocycles. The molecule has 0 radical (unpaired) electrons. The van der Waals surface area contributed by atoms with Crippen LogP contribution in [-0.4, -0.2) is 29.4 Å². The van der Waals surface area contributed by atoms with Gasteiger partial charge in [0.05, 0.1) is 0 Å². The molecule has 6 N–H and O–H groups in total. The van der Waals surface area contributed by atoms with Crippen LogP contribution < -0.4 is 18.9 Å². The normalized spacial score (nSPS) is 19.4. The summed E-state index contributed by atoms with van der Waals surface area (Å²) in [6.45, 7) is 0. The molecule has 0 amide bonds. The van der Waals surface area contributed by atoms with E-state index in [4.69, 9.17) is 29.4 Å². The van der Waals surface area contributed by atoms with Crippen LogP contribution in [0.25, 0.3) is 0 Å². The summed E-state index contributed by atoms with van der Waals surface area (Å²) in [5.41, 5.74) is 0. The molecule has 106 valence electrons. The van der Waals surface area contributed by atoms with Gasteiger partial charge in [-0.15, -0.1) is 0 Å². The summed E-state index contributed by atoms with van der Waals surface area (Å²) in [5, 5.41) is 0. The topological polar surface area (TPSA) is 217 Å². The standard InChI is InChI=1S/Li.H6O13P4.H/c;1-14(2,3)11-16(7,8)13-17(9,10)12-15(4,5)6;/h;(H,7,8)(H,9,10)(H2,1,2,3)(H2,4,5,6);/q+1;;-1. The van der Waals surface area contributed by atoms with E-state index in [1.165, 1.54) is 0 Å². The maximum Gasteiger partial charge on any atom is 1.00 e. The van der Waals surface area contributed by atoms with Gasteiger partial charge in [0, 0.05) is 0 Å². The maximum absolute atomic E-state index is 10.7. The zero-order chi connectivity index (χ0) is 14.1. The molecule has 18 heteroatoms. The number of phosphoric acid groups is 4. The second kappa shape index (κ2) is 6.74. The summed E-state index contributed by atoms with van der Waals surface area (Å²) >= 11 is 0. The van der Waals surface area contributed by atoms with Crippen molar-refractivity contribution in [2.24, 2.45) is 0 Å². The molecule has 2 atom stereocenters. The van der Waals surface area contributed by atoms with E-state index in [1.54, 1.807) is 0 Å². The van der Waals surface area contributed by atoms with Crippen molar-refractivity contribution in [3.63, 3.8) is 0 Å². The molecular formula is H7LiO13P4. The summed E-state index contributed by atoms with van der Waals surface area (Å²) < 4.78 is 50.9. The number of hydrogen-bond donors (Lipinski definition) is 6. The zero-order valence-electron chi connectivity index (χ0n) is 9.33. The van der Waals surface area contributed by atoms with Gasteiger partial charge in [-0.25, -0.2) is 18.3 Å². The molecule has 0 aromatic carbocycles. The van der Waals surface area contributed by atoms with E-state index in [9.17, 15) is 18.3 Å². The molecule has 0 heterocycles. The van der Waals surface area contributed by atoms with E-state index in [-0.39, 0.29) is 20.3 Å². The predicted octanol–water partition coefficient (Wildman–Crippen LogP) is -3.46. The molecule has 0 spiro atoms. The first-order valence-corrected chi connectivity index (χ1v) is 9.08. The van der Waals surface area contributed by atoms with E-state index in [0.717, 1.165) is 0 Å². The van der Waals surface area contributed by atoms with Crippen LogP contribution in [0.15, 0.2) is 0 Å². The van der Waals surface area contributed by atoms with Crippen LogP contribution in [0.2, 0.25) is 0 Å². The van der Waals surface area contributed by atoms with E-state index >= 15 is 0 Å². The van der Waals surface area contributed by atoms with E-state index in [2.05, 4.69) is 12.9 Å². The summed E-state index contributed by atoms with van der Waals surface area (Å²) in [4.78, 5) is 49.4. The van der Waals surface area contributed by atoms with Crippen molar-refractivity contribution in [2.75, 3.05) is 0 Å². The monoisotopic (exact) mass is 346 g/mol. The number of hydrogen-bond acceptors (Lipinski definition) is 7. The fraction of sp³-hybridized carbons (Fsp3) is 0. The van der Waals surface area contributed by atoms with Crippen LogP contribution in [0.3, 0.4) is 0 Å². The van der Waals surface area contributed by atoms with Gasteiger partial charge in [0.25, 0.3) is 0 Å². The van der Waals surface area contributed by atoms with Gasteiger partial charge in [0.1, 0.15) is 0 Å². The Hall–Kier alpha value is 1.16. The van der Waals surface area contributed by atoms with Crippen molar-refractivity contribution in [2.45, 2.75) is 0 Å². The average Bonchev–Trinajstić information content (AvgIpc) is 1.65. The van der Waals surface area contributed by atoms with Crippen molar-refractivity contribution in [3.8, 4) is 0 Å². The van der Waals surface area contributed by atoms with Gasteiger partial charge in [-0.05, 0) is 0 Å². The first-order chi connectivity index (χ1) is 7.12. The van der Waals surface area contributed by atoms with E-state index in [0.29, 0.717) is 0 Å². The molecule has 0 fully saturated rings. The van der Waals surface area contributed by atoms with Gasteiger partial charge in [-0.1, -0.05) is 0 Å². The fourth-order valence-electron chi connectivity index (χ4n) is 0.429. The zero-order valence-corrected chi connectivity index (χ0v) is 11.9. The second-order valence-electron chi connectivity index (χ2n) is 2.16. The Kier molecular flexibility index (Phi) is 8.04. The average molecular weight is 346 g/mol. The molecule has 13 nitrogen and oxygen atoms in total. The smallest absolute Gasteiger partial charge is 1.00 e. The minimum atomic E-state index is -5.77. The van der Waals surface area contributed by atoms with Crippen molar-refractivity contribution in [1.29, 1.82) is 0 Å². The van der Waals surface area contributed by atoms with Crippen molar-refractivity contribution in [1.82, 2.24) is 0 Å². The first-order valence-electron chi connectivity index (χ1n) is 3.03. The van der Waals surface area contributed by atoms with E-state index in [1.807, 2.05) is 0 Å². The Morgan fingerprint density at radius 3 is 1.00 bits per heavy atom. The van der Waals surface area contributed by atoms with Gasteiger partial charge in [-0.2, -0.15) is 12.9 Å². The van der Waals surface area contributed by atoms with Crippen LogP contribution in [-0.2, 0) is 31.2 Å². The molecule has 0 aliphatic carbocycles. The molecule has 0 aromatic rings. The van der Waals surface area contributed by atoms with Crippen LogP contribution >= 0.6 is 31.3 Å². The summed E-state index contributed by atoms with van der Waals surface area (Å²) in [6, 6.07) is 0. The Labute approximate surface area is 112 Å². The van der Waals surface area contributed by atoms with E-state index < -0.39 is 31.3 Å². The van der Waals surface area contributed by atoms with Gasteiger partial charge in [0.15, 0.2) is 0 Å². The third-order valence-corrected chi connectivity index (χ3v) is 5.63. The molecular weight excluding hydrogens is 339 g/mol. The first kappa shape index (κ1) is 21.5. The largest absolute Gasteiger partial charge is 1.00 e. The van der Waals surface area contributed by atoms with Crippen LogP contribution in [0.5, 0.6) is 0 Å². The van der Waals surface area contributed by atoms with Crippen molar-refractivity contribution < 1.29 is 80.8 Å². The van der Waals surface area contributed by atoms with Crippen molar-refractivity contribution in [3.05, 3.63) is 0 Å². The van der Waals surface area contributed by atoms with Gasteiger partial charge in [-0.3, -0.25) is 0 Å². The third-order valence-electron chi connectivity index (χ3n) is 0.625. The van der Waals surface area contributed by atoms with Gasteiger partial charge in [0.2, 0.25) is 0 Å². The molecule has 0 rings (SSSR count). The minimum absolute atomic E-state index is 0. The Balaban J connectivity index is -0.00000128. The molecule has 18 heavy (non-hydrogen) atoms. The Bertz CT molecular complexity index is 413. The summed E-state index contributed by atoms with van der Waals surface area (Å²) in [7, 11) is -22.6. The Morgan fingerprint density at radius 1 is 0.611 bits per heavy atom. The maximum atomic E-state index is 10.7. The summed E-state index contributed by atoms with van der Waals surface area (Å²) in [5.74, 6) is 0.